The van der Waals surface area contributed by atoms with Gasteiger partial charge in [0.2, 0.25) is 0 Å². The monoisotopic (exact) mass is 1630 g/mol. The first-order chi connectivity index (χ1) is 39.7. The number of hydrogen-bond acceptors (Lipinski definition) is 9. The van der Waals surface area contributed by atoms with Gasteiger partial charge in [-0.15, -0.1) is 105 Å². The Morgan fingerprint density at radius 2 is 0.726 bits per heavy atom. The summed E-state index contributed by atoms with van der Waals surface area (Å²) in [5.74, 6) is -2.98. The van der Waals surface area contributed by atoms with Crippen LogP contribution in [0.4, 0.5) is 0 Å². The topological polar surface area (TPSA) is 189 Å². The number of aromatic nitrogens is 6. The van der Waals surface area contributed by atoms with Crippen LogP contribution < -0.4 is 0 Å². The van der Waals surface area contributed by atoms with Crippen molar-refractivity contribution < 1.29 is 90.0 Å². The molecule has 0 unspecified atom stereocenters. The van der Waals surface area contributed by atoms with Gasteiger partial charge in [-0.05, 0) is 85.9 Å². The van der Waals surface area contributed by atoms with Crippen LogP contribution >= 0.6 is 0 Å². The van der Waals surface area contributed by atoms with Crippen molar-refractivity contribution in [1.29, 1.82) is 0 Å². The Hall–Kier alpha value is -9.42. The smallest absolute Gasteiger partial charge is 0.355 e. The second-order valence-electron chi connectivity index (χ2n) is 17.9. The minimum Gasteiger partial charge on any atom is -0.477 e. The molecule has 0 saturated carbocycles. The number of rotatable bonds is 3. The number of nitrogens with zero attached hydrogens (tertiary/aromatic N) is 6. The van der Waals surface area contributed by atoms with Crippen molar-refractivity contribution in [2.45, 2.75) is 0 Å². The van der Waals surface area contributed by atoms with E-state index in [0.717, 1.165) is 54.3 Å². The molecule has 0 amide bonds. The number of carbonyl (C=O) groups is 3. The van der Waals surface area contributed by atoms with E-state index >= 15 is 0 Å². The minimum absolute atomic E-state index is 0. The van der Waals surface area contributed by atoms with Crippen LogP contribution in [0, 0.1) is 18.2 Å². The van der Waals surface area contributed by atoms with Crippen molar-refractivity contribution in [2.24, 2.45) is 0 Å². The molecule has 15 rings (SSSR count). The summed E-state index contributed by atoms with van der Waals surface area (Å²) in [5.41, 5.74) is 4.08. The van der Waals surface area contributed by atoms with Crippen molar-refractivity contribution in [2.75, 3.05) is 0 Å². The number of carboxylic acids is 3. The third-order valence-corrected chi connectivity index (χ3v) is 12.8. The molecule has 0 aliphatic carbocycles. The maximum Gasteiger partial charge on any atom is 0.355 e. The largest absolute Gasteiger partial charge is 0.477 e. The molecule has 0 spiro atoms. The third-order valence-electron chi connectivity index (χ3n) is 12.8. The predicted molar refractivity (Wildman–Crippen MR) is 320 cm³/mol. The van der Waals surface area contributed by atoms with E-state index in [1.807, 2.05) is 128 Å². The number of aromatic carboxylic acids is 3. The molecule has 3 N–H and O–H groups in total. The van der Waals surface area contributed by atoms with Crippen LogP contribution in [0.5, 0.6) is 0 Å². The van der Waals surface area contributed by atoms with E-state index in [9.17, 15) is 14.4 Å². The Bertz CT molecular complexity index is 4230. The van der Waals surface area contributed by atoms with Gasteiger partial charge in [-0.1, -0.05) is 127 Å². The van der Waals surface area contributed by atoms with Crippen LogP contribution in [0.1, 0.15) is 31.5 Å². The van der Waals surface area contributed by atoms with Crippen molar-refractivity contribution in [1.82, 2.24) is 29.9 Å². The zero-order valence-electron chi connectivity index (χ0n) is 44.0. The molecule has 417 valence electrons. The summed E-state index contributed by atoms with van der Waals surface area (Å²) in [6.45, 7) is 0. The average molecular weight is 1630 g/mol. The zero-order valence-corrected chi connectivity index (χ0v) is 51.2. The first-order valence-electron chi connectivity index (χ1n) is 25.4. The maximum atomic E-state index is 10.8. The van der Waals surface area contributed by atoms with E-state index in [-0.39, 0.29) is 77.4 Å². The normalized spacial score (nSPS) is 10.1. The van der Waals surface area contributed by atoms with Gasteiger partial charge in [0.1, 0.15) is 11.4 Å². The molecular weight excluding hydrogens is 1590 g/mol. The van der Waals surface area contributed by atoms with Crippen molar-refractivity contribution in [3.05, 3.63) is 291 Å². The van der Waals surface area contributed by atoms with Gasteiger partial charge in [0.05, 0.1) is 5.52 Å². The van der Waals surface area contributed by atoms with Gasteiger partial charge in [-0.3, -0.25) is 0 Å². The minimum atomic E-state index is -0.995. The summed E-state index contributed by atoms with van der Waals surface area (Å²) in [6, 6.07) is 81.3. The number of para-hydroxylation sites is 1. The molecule has 0 aliphatic rings. The van der Waals surface area contributed by atoms with E-state index in [4.69, 9.17) is 15.3 Å². The Kier molecular flexibility index (Phi) is 22.2. The fourth-order valence-electron chi connectivity index (χ4n) is 8.88. The van der Waals surface area contributed by atoms with E-state index in [1.54, 1.807) is 42.6 Å². The molecule has 0 aliphatic heterocycles. The molecule has 84 heavy (non-hydrogen) atoms. The Morgan fingerprint density at radius 1 is 0.321 bits per heavy atom. The molecule has 12 nitrogen and oxygen atoms in total. The molecule has 6 heterocycles. The Labute approximate surface area is 522 Å². The number of fused-ring (bicyclic) bond motifs is 12. The number of pyridine rings is 6. The zero-order chi connectivity index (χ0) is 55.9. The van der Waals surface area contributed by atoms with Gasteiger partial charge in [-0.25, -0.2) is 29.3 Å². The molecule has 9 aromatic carbocycles. The van der Waals surface area contributed by atoms with E-state index in [2.05, 4.69) is 121 Å². The fourth-order valence-corrected chi connectivity index (χ4v) is 8.88. The number of carboxylic acid groups (broad SMARTS) is 3. The summed E-state index contributed by atoms with van der Waals surface area (Å²) in [4.78, 5) is 56.6. The number of hydrogen-bond donors (Lipinski definition) is 3. The summed E-state index contributed by atoms with van der Waals surface area (Å²) in [5, 5.41) is 41.0. The van der Waals surface area contributed by atoms with E-state index < -0.39 is 17.9 Å². The Balaban J connectivity index is 0.000000144. The SMILES string of the molecule is O=C(O)c1cc2ccccc2cn1.O=C(O)c1ccc2ccccc2n1.O=C(O)c1nccc2ccccc12.[Ir].[Ir].[Ir].[c-]1cccc2ccc3cccnc3c12.[c-]1cccc2ccc3cccnc3c12.[c-]1cccc2ccc3cccnc3c12. The van der Waals surface area contributed by atoms with Crippen molar-refractivity contribution >= 4 is 115 Å². The molecule has 15 heteroatoms. The summed E-state index contributed by atoms with van der Waals surface area (Å²) < 4.78 is 0. The van der Waals surface area contributed by atoms with Crippen LogP contribution in [0.2, 0.25) is 0 Å². The van der Waals surface area contributed by atoms with Crippen molar-refractivity contribution in [3.63, 3.8) is 0 Å². The summed E-state index contributed by atoms with van der Waals surface area (Å²) >= 11 is 0. The molecular formula is C69H45Ir3N6O6-3. The van der Waals surface area contributed by atoms with Crippen LogP contribution in [0.3, 0.4) is 0 Å². The molecule has 0 atom stereocenters. The fraction of sp³-hybridized carbons (Fsp3) is 0. The second-order valence-corrected chi connectivity index (χ2v) is 17.9. The van der Waals surface area contributed by atoms with Crippen molar-refractivity contribution in [3.8, 4) is 0 Å². The molecule has 0 bridgehead atoms. The van der Waals surface area contributed by atoms with Gasteiger partial charge in [0.25, 0.3) is 0 Å². The van der Waals surface area contributed by atoms with E-state index in [0.29, 0.717) is 10.9 Å². The van der Waals surface area contributed by atoms with E-state index in [1.165, 1.54) is 44.6 Å². The first kappa shape index (κ1) is 62.2. The van der Waals surface area contributed by atoms with Crippen LogP contribution in [-0.2, 0) is 60.3 Å². The quantitative estimate of drug-likeness (QED) is 0.112. The number of benzene rings is 9. The van der Waals surface area contributed by atoms with Crippen LogP contribution in [0.15, 0.2) is 255 Å². The van der Waals surface area contributed by atoms with Crippen LogP contribution in [-0.4, -0.2) is 63.1 Å². The molecule has 3 radical (unpaired) electrons. The molecule has 15 aromatic rings. The molecule has 0 saturated heterocycles. The van der Waals surface area contributed by atoms with Crippen LogP contribution in [0.25, 0.3) is 97.5 Å². The van der Waals surface area contributed by atoms with Gasteiger partial charge in [0, 0.05) is 107 Å². The van der Waals surface area contributed by atoms with Gasteiger partial charge < -0.3 is 30.3 Å². The second kappa shape index (κ2) is 30.0. The summed E-state index contributed by atoms with van der Waals surface area (Å²) in [6.07, 6.45) is 8.54. The van der Waals surface area contributed by atoms with Gasteiger partial charge >= 0.3 is 17.9 Å². The van der Waals surface area contributed by atoms with Gasteiger partial charge in [-0.2, -0.15) is 0 Å². The molecule has 0 fully saturated rings. The molecule has 6 aromatic heterocycles. The Morgan fingerprint density at radius 3 is 1.21 bits per heavy atom. The van der Waals surface area contributed by atoms with Gasteiger partial charge in [0.15, 0.2) is 5.69 Å². The maximum absolute atomic E-state index is 10.8. The predicted octanol–water partition coefficient (Wildman–Crippen LogP) is 15.4. The standard InChI is InChI=1S/3C13H8N.3C10H7NO2.3Ir/c3*1-2-6-12-10(4-1)7-8-11-5-3-9-14-13(11)12;12-10(13)9-5-7-3-1-2-4-8(7)6-11-9;12-10(13)9-8-4-2-1-3-7(8)5-6-11-9;12-10(13)9-6-5-7-3-1-2-4-8(7)11-9;;;/h3*1-5,7-9H;3*1-6H,(H,12,13);;;/q3*-1;;;;;;. The third kappa shape index (κ3) is 15.2. The average Bonchev–Trinajstić information content (AvgIpc) is 3.59. The first-order valence-corrected chi connectivity index (χ1v) is 25.4. The summed E-state index contributed by atoms with van der Waals surface area (Å²) in [7, 11) is 0.